The number of carbonyl (C=O) groups is 1. The van der Waals surface area contributed by atoms with Crippen molar-refractivity contribution in [3.05, 3.63) is 36.1 Å². The van der Waals surface area contributed by atoms with Gasteiger partial charge in [-0.15, -0.1) is 0 Å². The summed E-state index contributed by atoms with van der Waals surface area (Å²) in [5.41, 5.74) is 2.01. The van der Waals surface area contributed by atoms with E-state index in [1.165, 1.54) is 0 Å². The number of carbonyl (C=O) groups excluding carboxylic acids is 1. The van der Waals surface area contributed by atoms with Crippen LogP contribution in [-0.2, 0) is 4.79 Å². The molecule has 1 aliphatic rings. The standard InChI is InChI=1S/C10H13NO/c1-3-5-8-6-7-10(12)11-9(8)4-2/h3-5H,2,6-7H2,1H3,(H,11,12)/b5-3-. The zero-order valence-corrected chi connectivity index (χ0v) is 7.26. The summed E-state index contributed by atoms with van der Waals surface area (Å²) in [5.74, 6) is 0.0816. The van der Waals surface area contributed by atoms with Gasteiger partial charge in [-0.1, -0.05) is 18.7 Å². The Morgan fingerprint density at radius 2 is 2.25 bits per heavy atom. The number of hydrogen-bond donors (Lipinski definition) is 1. The number of hydrogen-bond acceptors (Lipinski definition) is 1. The summed E-state index contributed by atoms with van der Waals surface area (Å²) >= 11 is 0. The fourth-order valence-corrected chi connectivity index (χ4v) is 1.23. The maximum Gasteiger partial charge on any atom is 0.224 e. The molecule has 0 saturated carbocycles. The second kappa shape index (κ2) is 3.90. The average molecular weight is 163 g/mol. The second-order valence-corrected chi connectivity index (χ2v) is 2.69. The van der Waals surface area contributed by atoms with Crippen LogP contribution < -0.4 is 5.32 Å². The van der Waals surface area contributed by atoms with Crippen molar-refractivity contribution in [2.75, 3.05) is 0 Å². The Kier molecular flexibility index (Phi) is 2.86. The monoisotopic (exact) mass is 163 g/mol. The van der Waals surface area contributed by atoms with Crippen LogP contribution in [0.25, 0.3) is 0 Å². The van der Waals surface area contributed by atoms with E-state index >= 15 is 0 Å². The van der Waals surface area contributed by atoms with Crippen molar-refractivity contribution in [3.63, 3.8) is 0 Å². The Bertz CT molecular complexity index is 261. The van der Waals surface area contributed by atoms with Crippen LogP contribution in [0.2, 0.25) is 0 Å². The van der Waals surface area contributed by atoms with Gasteiger partial charge in [-0.05, 0) is 25.0 Å². The van der Waals surface area contributed by atoms with Crippen LogP contribution in [0.1, 0.15) is 19.8 Å². The summed E-state index contributed by atoms with van der Waals surface area (Å²) < 4.78 is 0. The van der Waals surface area contributed by atoms with Crippen molar-refractivity contribution in [1.82, 2.24) is 5.32 Å². The molecule has 0 aromatic heterocycles. The third kappa shape index (κ3) is 1.84. The van der Waals surface area contributed by atoms with Crippen LogP contribution in [0, 0.1) is 0 Å². The van der Waals surface area contributed by atoms with E-state index in [9.17, 15) is 4.79 Å². The number of rotatable bonds is 2. The Balaban J connectivity index is 2.90. The molecular formula is C10H13NO. The Morgan fingerprint density at radius 3 is 2.83 bits per heavy atom. The minimum absolute atomic E-state index is 0.0816. The van der Waals surface area contributed by atoms with Gasteiger partial charge >= 0.3 is 0 Å². The van der Waals surface area contributed by atoms with E-state index in [2.05, 4.69) is 11.9 Å². The SMILES string of the molecule is C=CC1=C(/C=C\C)CCC(=O)N1. The highest BCUT2D eigenvalue weighted by molar-refractivity contribution is 5.80. The molecule has 0 saturated heterocycles. The van der Waals surface area contributed by atoms with Gasteiger partial charge in [0.05, 0.1) is 0 Å². The lowest BCUT2D eigenvalue weighted by Gasteiger charge is -2.16. The Hall–Kier alpha value is -1.31. The molecule has 0 aromatic rings. The highest BCUT2D eigenvalue weighted by Crippen LogP contribution is 2.16. The van der Waals surface area contributed by atoms with Gasteiger partial charge in [-0.2, -0.15) is 0 Å². The minimum atomic E-state index is 0.0816. The fourth-order valence-electron chi connectivity index (χ4n) is 1.23. The van der Waals surface area contributed by atoms with E-state index in [0.717, 1.165) is 17.7 Å². The van der Waals surface area contributed by atoms with Crippen LogP contribution in [-0.4, -0.2) is 5.91 Å². The summed E-state index contributed by atoms with van der Waals surface area (Å²) in [5, 5.41) is 2.77. The Morgan fingerprint density at radius 1 is 1.50 bits per heavy atom. The average Bonchev–Trinajstić information content (AvgIpc) is 2.08. The smallest absolute Gasteiger partial charge is 0.224 e. The molecular weight excluding hydrogens is 150 g/mol. The number of allylic oxidation sites excluding steroid dienone is 4. The van der Waals surface area contributed by atoms with E-state index < -0.39 is 0 Å². The van der Waals surface area contributed by atoms with Gasteiger partial charge in [-0.25, -0.2) is 0 Å². The third-order valence-corrected chi connectivity index (χ3v) is 1.81. The van der Waals surface area contributed by atoms with Crippen molar-refractivity contribution in [3.8, 4) is 0 Å². The first kappa shape index (κ1) is 8.78. The van der Waals surface area contributed by atoms with Crippen LogP contribution in [0.3, 0.4) is 0 Å². The molecule has 0 atom stereocenters. The van der Waals surface area contributed by atoms with E-state index in [4.69, 9.17) is 0 Å². The molecule has 1 N–H and O–H groups in total. The summed E-state index contributed by atoms with van der Waals surface area (Å²) in [6, 6.07) is 0. The number of nitrogens with one attached hydrogen (secondary N) is 1. The van der Waals surface area contributed by atoms with E-state index in [1.54, 1.807) is 6.08 Å². The molecule has 0 fully saturated rings. The minimum Gasteiger partial charge on any atom is -0.326 e. The van der Waals surface area contributed by atoms with Crippen molar-refractivity contribution >= 4 is 5.91 Å². The van der Waals surface area contributed by atoms with Crippen molar-refractivity contribution in [2.24, 2.45) is 0 Å². The van der Waals surface area contributed by atoms with Crippen LogP contribution >= 0.6 is 0 Å². The van der Waals surface area contributed by atoms with Gasteiger partial charge < -0.3 is 5.32 Å². The van der Waals surface area contributed by atoms with E-state index in [1.807, 2.05) is 19.1 Å². The maximum absolute atomic E-state index is 11.0. The van der Waals surface area contributed by atoms with Crippen molar-refractivity contribution < 1.29 is 4.79 Å². The first-order valence-electron chi connectivity index (χ1n) is 4.06. The maximum atomic E-state index is 11.0. The molecule has 1 amide bonds. The summed E-state index contributed by atoms with van der Waals surface area (Å²) in [6.07, 6.45) is 7.06. The molecule has 2 nitrogen and oxygen atoms in total. The van der Waals surface area contributed by atoms with Gasteiger partial charge in [0.1, 0.15) is 0 Å². The largest absolute Gasteiger partial charge is 0.326 e. The van der Waals surface area contributed by atoms with Gasteiger partial charge in [0.15, 0.2) is 0 Å². The van der Waals surface area contributed by atoms with E-state index in [0.29, 0.717) is 6.42 Å². The van der Waals surface area contributed by atoms with Gasteiger partial charge in [-0.3, -0.25) is 4.79 Å². The Labute approximate surface area is 72.7 Å². The molecule has 0 aromatic carbocycles. The molecule has 0 unspecified atom stereocenters. The molecule has 1 aliphatic heterocycles. The zero-order chi connectivity index (χ0) is 8.97. The quantitative estimate of drug-likeness (QED) is 0.662. The lowest BCUT2D eigenvalue weighted by atomic mass is 10.0. The van der Waals surface area contributed by atoms with Crippen molar-refractivity contribution in [1.29, 1.82) is 0 Å². The van der Waals surface area contributed by atoms with Crippen LogP contribution in [0.4, 0.5) is 0 Å². The molecule has 2 heteroatoms. The first-order chi connectivity index (χ1) is 5.77. The van der Waals surface area contributed by atoms with Crippen molar-refractivity contribution in [2.45, 2.75) is 19.8 Å². The zero-order valence-electron chi connectivity index (χ0n) is 7.26. The second-order valence-electron chi connectivity index (χ2n) is 2.69. The van der Waals surface area contributed by atoms with Crippen LogP contribution in [0.5, 0.6) is 0 Å². The van der Waals surface area contributed by atoms with Gasteiger partial charge in [0.25, 0.3) is 0 Å². The number of amides is 1. The topological polar surface area (TPSA) is 29.1 Å². The normalized spacial score (nSPS) is 18.2. The molecule has 1 heterocycles. The fraction of sp³-hybridized carbons (Fsp3) is 0.300. The van der Waals surface area contributed by atoms with Crippen LogP contribution in [0.15, 0.2) is 36.1 Å². The first-order valence-corrected chi connectivity index (χ1v) is 4.06. The molecule has 0 aliphatic carbocycles. The molecule has 0 spiro atoms. The highest BCUT2D eigenvalue weighted by atomic mass is 16.1. The lowest BCUT2D eigenvalue weighted by Crippen LogP contribution is -2.26. The molecule has 64 valence electrons. The lowest BCUT2D eigenvalue weighted by molar-refractivity contribution is -0.120. The predicted octanol–water partition coefficient (Wildman–Crippen LogP) is 1.91. The summed E-state index contributed by atoms with van der Waals surface area (Å²) in [4.78, 5) is 11.0. The molecule has 1 rings (SSSR count). The predicted molar refractivity (Wildman–Crippen MR) is 49.4 cm³/mol. The summed E-state index contributed by atoms with van der Waals surface area (Å²) in [7, 11) is 0. The van der Waals surface area contributed by atoms with Gasteiger partial charge in [0.2, 0.25) is 5.91 Å². The summed E-state index contributed by atoms with van der Waals surface area (Å²) in [6.45, 7) is 5.61. The molecule has 0 bridgehead atoms. The molecule has 12 heavy (non-hydrogen) atoms. The highest BCUT2D eigenvalue weighted by Gasteiger charge is 2.12. The van der Waals surface area contributed by atoms with E-state index in [-0.39, 0.29) is 5.91 Å². The molecule has 0 radical (unpaired) electrons. The van der Waals surface area contributed by atoms with Gasteiger partial charge in [0, 0.05) is 12.1 Å². The third-order valence-electron chi connectivity index (χ3n) is 1.81.